The predicted octanol–water partition coefficient (Wildman–Crippen LogP) is 2.35. The SMILES string of the molecule is O=C(O)C1=NC(c2ccc(F)cc2)C2=COC3=C(C(F)C=C4CCCNC43)N2C1=O. The van der Waals surface area contributed by atoms with Gasteiger partial charge in [-0.1, -0.05) is 12.1 Å². The van der Waals surface area contributed by atoms with E-state index in [0.29, 0.717) is 18.5 Å². The number of piperidine rings is 1. The maximum Gasteiger partial charge on any atom is 0.359 e. The number of nitrogens with one attached hydrogen (secondary N) is 1. The Morgan fingerprint density at radius 1 is 1.30 bits per heavy atom. The first-order valence-electron chi connectivity index (χ1n) is 9.55. The van der Waals surface area contributed by atoms with Crippen molar-refractivity contribution >= 4 is 17.6 Å². The molecule has 3 unspecified atom stereocenters. The molecule has 30 heavy (non-hydrogen) atoms. The van der Waals surface area contributed by atoms with Crippen LogP contribution in [0.1, 0.15) is 24.4 Å². The van der Waals surface area contributed by atoms with Crippen LogP contribution < -0.4 is 5.32 Å². The van der Waals surface area contributed by atoms with E-state index in [-0.39, 0.29) is 23.2 Å². The normalized spacial score (nSPS) is 27.8. The van der Waals surface area contributed by atoms with Gasteiger partial charge in [-0.05, 0) is 48.7 Å². The van der Waals surface area contributed by atoms with E-state index in [9.17, 15) is 19.1 Å². The van der Waals surface area contributed by atoms with Crippen molar-refractivity contribution in [2.45, 2.75) is 31.1 Å². The number of amides is 1. The van der Waals surface area contributed by atoms with E-state index in [1.54, 1.807) is 0 Å². The Morgan fingerprint density at radius 3 is 2.80 bits per heavy atom. The molecule has 5 rings (SSSR count). The van der Waals surface area contributed by atoms with E-state index in [2.05, 4.69) is 10.3 Å². The number of nitrogens with zero attached hydrogens (tertiary/aromatic N) is 2. The van der Waals surface area contributed by atoms with Crippen molar-refractivity contribution < 1.29 is 28.2 Å². The summed E-state index contributed by atoms with van der Waals surface area (Å²) in [6.45, 7) is 0.712. The average Bonchev–Trinajstić information content (AvgIpc) is 2.74. The largest absolute Gasteiger partial charge is 0.476 e. The molecule has 4 aliphatic rings. The van der Waals surface area contributed by atoms with Crippen LogP contribution in [-0.4, -0.2) is 46.4 Å². The molecule has 1 aliphatic carbocycles. The average molecular weight is 413 g/mol. The molecule has 3 atom stereocenters. The number of hydrogen-bond acceptors (Lipinski definition) is 5. The molecule has 1 aromatic carbocycles. The summed E-state index contributed by atoms with van der Waals surface area (Å²) >= 11 is 0. The lowest BCUT2D eigenvalue weighted by atomic mass is 9.87. The van der Waals surface area contributed by atoms with E-state index in [0.717, 1.165) is 16.9 Å². The number of fused-ring (bicyclic) bond motifs is 4. The summed E-state index contributed by atoms with van der Waals surface area (Å²) in [4.78, 5) is 29.8. The molecule has 1 amide bonds. The number of benzene rings is 1. The second-order valence-electron chi connectivity index (χ2n) is 7.42. The number of ether oxygens (including phenoxy) is 1. The third kappa shape index (κ3) is 2.77. The quantitative estimate of drug-likeness (QED) is 0.727. The van der Waals surface area contributed by atoms with Crippen LogP contribution in [0, 0.1) is 5.82 Å². The fraction of sp³-hybridized carbons (Fsp3) is 0.286. The predicted molar refractivity (Wildman–Crippen MR) is 101 cm³/mol. The van der Waals surface area contributed by atoms with Gasteiger partial charge < -0.3 is 15.2 Å². The number of carboxylic acids is 1. The molecule has 9 heteroatoms. The summed E-state index contributed by atoms with van der Waals surface area (Å²) in [6.07, 6.45) is 2.70. The maximum atomic E-state index is 15.2. The summed E-state index contributed by atoms with van der Waals surface area (Å²) in [7, 11) is 0. The van der Waals surface area contributed by atoms with Crippen molar-refractivity contribution in [1.29, 1.82) is 0 Å². The number of hydrogen-bond donors (Lipinski definition) is 2. The van der Waals surface area contributed by atoms with Crippen LogP contribution >= 0.6 is 0 Å². The fourth-order valence-electron chi connectivity index (χ4n) is 4.29. The number of allylic oxidation sites excluding steroid dienone is 1. The second-order valence-corrected chi connectivity index (χ2v) is 7.42. The molecule has 0 aromatic heterocycles. The first-order valence-corrected chi connectivity index (χ1v) is 9.55. The van der Waals surface area contributed by atoms with E-state index in [1.165, 1.54) is 36.6 Å². The highest BCUT2D eigenvalue weighted by Gasteiger charge is 2.47. The number of carbonyl (C=O) groups is 2. The highest BCUT2D eigenvalue weighted by atomic mass is 19.1. The summed E-state index contributed by atoms with van der Waals surface area (Å²) < 4.78 is 34.4. The van der Waals surface area contributed by atoms with E-state index < -0.39 is 35.6 Å². The number of aliphatic carboxylic acids is 1. The number of alkyl halides is 1. The van der Waals surface area contributed by atoms with Gasteiger partial charge in [0, 0.05) is 0 Å². The van der Waals surface area contributed by atoms with Crippen molar-refractivity contribution in [2.75, 3.05) is 6.54 Å². The minimum atomic E-state index is -1.64. The Hall–Kier alpha value is -3.33. The lowest BCUT2D eigenvalue weighted by molar-refractivity contribution is -0.132. The van der Waals surface area contributed by atoms with Gasteiger partial charge in [0.15, 0.2) is 6.17 Å². The van der Waals surface area contributed by atoms with Crippen LogP contribution in [0.5, 0.6) is 0 Å². The molecule has 1 saturated heterocycles. The van der Waals surface area contributed by atoms with Gasteiger partial charge in [0.05, 0.1) is 11.7 Å². The maximum absolute atomic E-state index is 15.2. The molecule has 2 N–H and O–H groups in total. The van der Waals surface area contributed by atoms with E-state index in [4.69, 9.17) is 4.74 Å². The van der Waals surface area contributed by atoms with Crippen LogP contribution in [0.15, 0.2) is 64.3 Å². The Labute approximate surface area is 170 Å². The lowest BCUT2D eigenvalue weighted by Crippen LogP contribution is -2.51. The third-order valence-electron chi connectivity index (χ3n) is 5.64. The topological polar surface area (TPSA) is 91.2 Å². The lowest BCUT2D eigenvalue weighted by Gasteiger charge is -2.42. The Kier molecular flexibility index (Phi) is 4.28. The van der Waals surface area contributed by atoms with Crippen molar-refractivity contribution in [3.63, 3.8) is 0 Å². The van der Waals surface area contributed by atoms with Gasteiger partial charge in [-0.25, -0.2) is 13.6 Å². The number of aliphatic imine (C=N–C) groups is 1. The summed E-state index contributed by atoms with van der Waals surface area (Å²) in [5.41, 5.74) is 0.724. The Morgan fingerprint density at radius 2 is 2.07 bits per heavy atom. The first kappa shape index (κ1) is 18.7. The zero-order valence-electron chi connectivity index (χ0n) is 15.6. The fourth-order valence-corrected chi connectivity index (χ4v) is 4.29. The van der Waals surface area contributed by atoms with Gasteiger partial charge in [0.25, 0.3) is 5.91 Å². The Balaban J connectivity index is 1.64. The van der Waals surface area contributed by atoms with Gasteiger partial charge in [-0.3, -0.25) is 14.7 Å². The van der Waals surface area contributed by atoms with Crippen LogP contribution in [0.3, 0.4) is 0 Å². The monoisotopic (exact) mass is 413 g/mol. The molecule has 0 bridgehead atoms. The van der Waals surface area contributed by atoms with E-state index in [1.807, 2.05) is 0 Å². The molecule has 0 saturated carbocycles. The number of carboxylic acid groups (broad SMARTS) is 1. The van der Waals surface area contributed by atoms with Gasteiger partial charge >= 0.3 is 5.97 Å². The van der Waals surface area contributed by atoms with Gasteiger partial charge in [-0.15, -0.1) is 0 Å². The van der Waals surface area contributed by atoms with Crippen LogP contribution in [0.4, 0.5) is 8.78 Å². The molecule has 3 aliphatic heterocycles. The van der Waals surface area contributed by atoms with Crippen LogP contribution in [-0.2, 0) is 14.3 Å². The number of rotatable bonds is 2. The molecule has 154 valence electrons. The third-order valence-corrected chi connectivity index (χ3v) is 5.64. The van der Waals surface area contributed by atoms with Crippen molar-refractivity contribution in [2.24, 2.45) is 4.99 Å². The highest BCUT2D eigenvalue weighted by molar-refractivity contribution is 6.64. The molecule has 1 aromatic rings. The highest BCUT2D eigenvalue weighted by Crippen LogP contribution is 2.44. The molecule has 0 radical (unpaired) electrons. The van der Waals surface area contributed by atoms with Gasteiger partial charge in [-0.2, -0.15) is 0 Å². The molecular weight excluding hydrogens is 396 g/mol. The summed E-state index contributed by atoms with van der Waals surface area (Å²) in [5, 5.41) is 12.8. The zero-order chi connectivity index (χ0) is 21.0. The molecule has 7 nitrogen and oxygen atoms in total. The minimum absolute atomic E-state index is 0.0404. The smallest absolute Gasteiger partial charge is 0.359 e. The zero-order valence-corrected chi connectivity index (χ0v) is 15.6. The standard InChI is InChI=1S/C21H17F2N3O4/c22-12-5-3-10(4-6-12)15-14-9-30-19-16-11(2-1-7-24-16)8-13(23)18(19)26(14)20(27)17(25-15)21(28)29/h3-6,8-9,13,15-16,24H,1-2,7H2,(H,28,29). The summed E-state index contributed by atoms with van der Waals surface area (Å²) in [5.74, 6) is -2.67. The molecule has 3 heterocycles. The molecular formula is C21H17F2N3O4. The number of halogens is 2. The first-order chi connectivity index (χ1) is 14.5. The van der Waals surface area contributed by atoms with Gasteiger partial charge in [0.1, 0.15) is 29.6 Å². The van der Waals surface area contributed by atoms with Crippen LogP contribution in [0.2, 0.25) is 0 Å². The second kappa shape index (κ2) is 6.88. The number of carbonyl (C=O) groups excluding carboxylic acids is 1. The minimum Gasteiger partial charge on any atom is -0.476 e. The molecule has 0 spiro atoms. The van der Waals surface area contributed by atoms with E-state index >= 15 is 4.39 Å². The summed E-state index contributed by atoms with van der Waals surface area (Å²) in [6, 6.07) is 3.97. The van der Waals surface area contributed by atoms with Crippen molar-refractivity contribution in [3.8, 4) is 0 Å². The van der Waals surface area contributed by atoms with Crippen molar-refractivity contribution in [3.05, 3.63) is 70.7 Å². The van der Waals surface area contributed by atoms with Crippen LogP contribution in [0.25, 0.3) is 0 Å². The van der Waals surface area contributed by atoms with Gasteiger partial charge in [0.2, 0.25) is 5.71 Å². The van der Waals surface area contributed by atoms with Crippen molar-refractivity contribution in [1.82, 2.24) is 10.2 Å². The Bertz CT molecular complexity index is 1070. The molecule has 1 fully saturated rings.